The van der Waals surface area contributed by atoms with E-state index < -0.39 is 0 Å². The molecular weight excluding hydrogens is 144 g/mol. The highest BCUT2D eigenvalue weighted by molar-refractivity contribution is 6.04. The lowest BCUT2D eigenvalue weighted by molar-refractivity contribution is -0.142. The zero-order valence-corrected chi connectivity index (χ0v) is 6.54. The highest BCUT2D eigenvalue weighted by Crippen LogP contribution is 2.14. The Morgan fingerprint density at radius 1 is 1.73 bits per heavy atom. The number of hydrogen-bond donors (Lipinski definition) is 1. The molecule has 0 saturated heterocycles. The van der Waals surface area contributed by atoms with E-state index in [1.807, 2.05) is 0 Å². The van der Waals surface area contributed by atoms with Crippen LogP contribution in [0, 0.1) is 5.92 Å². The third-order valence-corrected chi connectivity index (χ3v) is 1.74. The van der Waals surface area contributed by atoms with Crippen molar-refractivity contribution in [2.75, 3.05) is 6.54 Å². The summed E-state index contributed by atoms with van der Waals surface area (Å²) in [4.78, 5) is 15.3. The molecule has 0 aromatic carbocycles. The van der Waals surface area contributed by atoms with Gasteiger partial charge in [-0.2, -0.15) is 0 Å². The van der Waals surface area contributed by atoms with Crippen LogP contribution < -0.4 is 5.73 Å². The molecule has 0 aliphatic carbocycles. The van der Waals surface area contributed by atoms with E-state index in [9.17, 15) is 4.79 Å². The van der Waals surface area contributed by atoms with Gasteiger partial charge in [-0.05, 0) is 26.3 Å². The van der Waals surface area contributed by atoms with Crippen molar-refractivity contribution in [3.05, 3.63) is 0 Å². The number of carbonyl (C=O) groups is 1. The van der Waals surface area contributed by atoms with Crippen LogP contribution in [0.25, 0.3) is 0 Å². The van der Waals surface area contributed by atoms with E-state index in [-0.39, 0.29) is 11.9 Å². The van der Waals surface area contributed by atoms with Gasteiger partial charge in [0, 0.05) is 0 Å². The third kappa shape index (κ3) is 1.77. The van der Waals surface area contributed by atoms with Crippen LogP contribution in [0.2, 0.25) is 0 Å². The molecule has 4 nitrogen and oxygen atoms in total. The van der Waals surface area contributed by atoms with Crippen LogP contribution in [-0.4, -0.2) is 18.2 Å². The monoisotopic (exact) mass is 156 g/mol. The fourth-order valence-electron chi connectivity index (χ4n) is 0.943. The van der Waals surface area contributed by atoms with Crippen molar-refractivity contribution in [1.82, 2.24) is 0 Å². The van der Waals surface area contributed by atoms with E-state index in [1.54, 1.807) is 6.92 Å². The molecule has 0 radical (unpaired) electrons. The molecule has 62 valence electrons. The van der Waals surface area contributed by atoms with Crippen LogP contribution in [0.4, 0.5) is 0 Å². The molecule has 0 bridgehead atoms. The molecule has 1 rings (SSSR count). The topological polar surface area (TPSA) is 64.7 Å². The minimum absolute atomic E-state index is 0.165. The summed E-state index contributed by atoms with van der Waals surface area (Å²) in [6.07, 6.45) is 1.63. The van der Waals surface area contributed by atoms with Crippen LogP contribution >= 0.6 is 0 Å². The Morgan fingerprint density at radius 2 is 2.45 bits per heavy atom. The summed E-state index contributed by atoms with van der Waals surface area (Å²) in [7, 11) is 0. The zero-order valence-electron chi connectivity index (χ0n) is 6.54. The second kappa shape index (κ2) is 3.48. The summed E-state index contributed by atoms with van der Waals surface area (Å²) < 4.78 is 0. The lowest BCUT2D eigenvalue weighted by Gasteiger charge is -1.99. The van der Waals surface area contributed by atoms with Crippen molar-refractivity contribution < 1.29 is 9.63 Å². The molecule has 0 spiro atoms. The van der Waals surface area contributed by atoms with Crippen molar-refractivity contribution in [2.24, 2.45) is 16.8 Å². The predicted octanol–water partition coefficient (Wildman–Crippen LogP) is 0.274. The maximum atomic E-state index is 10.8. The standard InChI is InChI=1S/C7H12N2O2/c1-5-6(3-2-4-8)9-11-7(5)10/h5H,2-4,8H2,1H3. The normalized spacial score (nSPS) is 23.3. The molecule has 0 amide bonds. The number of nitrogens with two attached hydrogens (primary N) is 1. The Hall–Kier alpha value is -0.900. The van der Waals surface area contributed by atoms with Gasteiger partial charge >= 0.3 is 5.97 Å². The molecule has 1 aliphatic heterocycles. The first-order valence-corrected chi connectivity index (χ1v) is 3.73. The number of carbonyl (C=O) groups excluding carboxylic acids is 1. The third-order valence-electron chi connectivity index (χ3n) is 1.74. The van der Waals surface area contributed by atoms with Gasteiger partial charge in [-0.1, -0.05) is 5.16 Å². The lowest BCUT2D eigenvalue weighted by atomic mass is 10.0. The summed E-state index contributed by atoms with van der Waals surface area (Å²) in [6.45, 7) is 2.42. The van der Waals surface area contributed by atoms with Crippen LogP contribution in [0.1, 0.15) is 19.8 Å². The smallest absolute Gasteiger partial charge is 0.330 e. The van der Waals surface area contributed by atoms with Gasteiger partial charge in [0.1, 0.15) is 0 Å². The van der Waals surface area contributed by atoms with Crippen molar-refractivity contribution in [3.63, 3.8) is 0 Å². The number of hydrogen-bond acceptors (Lipinski definition) is 4. The SMILES string of the molecule is CC1C(=O)ON=C1CCCN. The fourth-order valence-corrected chi connectivity index (χ4v) is 0.943. The molecule has 11 heavy (non-hydrogen) atoms. The molecule has 1 atom stereocenters. The van der Waals surface area contributed by atoms with Crippen molar-refractivity contribution in [2.45, 2.75) is 19.8 Å². The van der Waals surface area contributed by atoms with E-state index in [4.69, 9.17) is 5.73 Å². The highest BCUT2D eigenvalue weighted by atomic mass is 16.7. The van der Waals surface area contributed by atoms with Gasteiger partial charge < -0.3 is 10.6 Å². The Balaban J connectivity index is 2.41. The van der Waals surface area contributed by atoms with E-state index in [0.717, 1.165) is 18.6 Å². The molecule has 0 fully saturated rings. The quantitative estimate of drug-likeness (QED) is 0.596. The van der Waals surface area contributed by atoms with Gasteiger partial charge in [0.25, 0.3) is 0 Å². The molecule has 2 N–H and O–H groups in total. The number of oxime groups is 1. The lowest BCUT2D eigenvalue weighted by Crippen LogP contribution is -2.15. The molecular formula is C7H12N2O2. The maximum absolute atomic E-state index is 10.8. The minimum atomic E-state index is -0.253. The van der Waals surface area contributed by atoms with Crippen molar-refractivity contribution in [1.29, 1.82) is 0 Å². The summed E-state index contributed by atoms with van der Waals surface area (Å²) in [6, 6.07) is 0. The predicted molar refractivity (Wildman–Crippen MR) is 41.0 cm³/mol. The highest BCUT2D eigenvalue weighted by Gasteiger charge is 2.26. The molecule has 1 heterocycles. The van der Waals surface area contributed by atoms with Gasteiger partial charge in [0.2, 0.25) is 0 Å². The Morgan fingerprint density at radius 3 is 2.91 bits per heavy atom. The minimum Gasteiger partial charge on any atom is -0.330 e. The summed E-state index contributed by atoms with van der Waals surface area (Å²) in [5.41, 5.74) is 6.13. The van der Waals surface area contributed by atoms with Crippen molar-refractivity contribution in [3.8, 4) is 0 Å². The molecule has 1 aliphatic rings. The first-order valence-electron chi connectivity index (χ1n) is 3.73. The number of rotatable bonds is 3. The Kier molecular flexibility index (Phi) is 2.59. The first-order chi connectivity index (χ1) is 5.25. The summed E-state index contributed by atoms with van der Waals surface area (Å²) in [5, 5.41) is 3.65. The molecule has 4 heteroatoms. The first kappa shape index (κ1) is 8.20. The van der Waals surface area contributed by atoms with E-state index in [1.165, 1.54) is 0 Å². The summed E-state index contributed by atoms with van der Waals surface area (Å²) in [5.74, 6) is -0.418. The van der Waals surface area contributed by atoms with E-state index in [0.29, 0.717) is 6.54 Å². The van der Waals surface area contributed by atoms with Crippen LogP contribution in [-0.2, 0) is 9.63 Å². The molecule has 0 saturated carbocycles. The molecule has 0 aromatic rings. The van der Waals surface area contributed by atoms with Crippen LogP contribution in [0.15, 0.2) is 5.16 Å². The van der Waals surface area contributed by atoms with E-state index >= 15 is 0 Å². The van der Waals surface area contributed by atoms with Gasteiger partial charge in [-0.25, -0.2) is 4.79 Å². The summed E-state index contributed by atoms with van der Waals surface area (Å²) >= 11 is 0. The average molecular weight is 156 g/mol. The van der Waals surface area contributed by atoms with Crippen LogP contribution in [0.5, 0.6) is 0 Å². The Labute approximate surface area is 65.4 Å². The maximum Gasteiger partial charge on any atom is 0.343 e. The Bertz CT molecular complexity index is 189. The fraction of sp³-hybridized carbons (Fsp3) is 0.714. The van der Waals surface area contributed by atoms with Crippen LogP contribution in [0.3, 0.4) is 0 Å². The number of nitrogens with zero attached hydrogens (tertiary/aromatic N) is 1. The second-order valence-electron chi connectivity index (χ2n) is 2.61. The second-order valence-corrected chi connectivity index (χ2v) is 2.61. The zero-order chi connectivity index (χ0) is 8.27. The largest absolute Gasteiger partial charge is 0.343 e. The van der Waals surface area contributed by atoms with Crippen molar-refractivity contribution >= 4 is 11.7 Å². The van der Waals surface area contributed by atoms with E-state index in [2.05, 4.69) is 9.99 Å². The average Bonchev–Trinajstić information content (AvgIpc) is 2.31. The van der Waals surface area contributed by atoms with Gasteiger partial charge in [0.15, 0.2) is 0 Å². The van der Waals surface area contributed by atoms with Gasteiger partial charge in [0.05, 0.1) is 11.6 Å². The van der Waals surface area contributed by atoms with Gasteiger partial charge in [-0.3, -0.25) is 0 Å². The van der Waals surface area contributed by atoms with Gasteiger partial charge in [-0.15, -0.1) is 0 Å². The molecule has 0 aromatic heterocycles. The molecule has 1 unspecified atom stereocenters.